The second-order valence-corrected chi connectivity index (χ2v) is 7.08. The van der Waals surface area contributed by atoms with E-state index in [0.29, 0.717) is 18.4 Å². The molecule has 2 rings (SSSR count). The van der Waals surface area contributed by atoms with Crippen LogP contribution < -0.4 is 11.1 Å². The van der Waals surface area contributed by atoms with Gasteiger partial charge in [0.2, 0.25) is 5.91 Å². The molecule has 0 aromatic rings. The van der Waals surface area contributed by atoms with Gasteiger partial charge in [0.1, 0.15) is 0 Å². The van der Waals surface area contributed by atoms with Crippen LogP contribution in [0.25, 0.3) is 0 Å². The molecule has 0 radical (unpaired) electrons. The van der Waals surface area contributed by atoms with E-state index in [9.17, 15) is 4.79 Å². The molecule has 2 fully saturated rings. The van der Waals surface area contributed by atoms with Gasteiger partial charge in [0.25, 0.3) is 0 Å². The van der Waals surface area contributed by atoms with Crippen molar-refractivity contribution >= 4 is 35.8 Å². The summed E-state index contributed by atoms with van der Waals surface area (Å²) in [5.41, 5.74) is 5.34. The first-order chi connectivity index (χ1) is 11.7. The van der Waals surface area contributed by atoms with Crippen LogP contribution >= 0.6 is 24.0 Å². The van der Waals surface area contributed by atoms with Crippen LogP contribution in [0, 0.1) is 5.92 Å². The highest BCUT2D eigenvalue weighted by Gasteiger charge is 2.23. The minimum atomic E-state index is -0.207. The Hall–Kier alpha value is -0.570. The van der Waals surface area contributed by atoms with E-state index in [0.717, 1.165) is 45.0 Å². The van der Waals surface area contributed by atoms with Gasteiger partial charge in [-0.1, -0.05) is 25.7 Å². The topological polar surface area (TPSA) is 80.0 Å². The lowest BCUT2D eigenvalue weighted by Crippen LogP contribution is -2.47. The number of hydrogen-bond donors (Lipinski definition) is 2. The predicted molar refractivity (Wildman–Crippen MR) is 112 cm³/mol. The molecule has 1 amide bonds. The Kier molecular flexibility index (Phi) is 11.4. The molecule has 1 aliphatic heterocycles. The zero-order chi connectivity index (χ0) is 17.2. The molecular formula is C18H35IN4O2. The summed E-state index contributed by atoms with van der Waals surface area (Å²) in [6, 6.07) is 0. The minimum Gasteiger partial charge on any atom is -0.376 e. The van der Waals surface area contributed by atoms with Crippen molar-refractivity contribution in [1.29, 1.82) is 0 Å². The number of rotatable bonds is 6. The summed E-state index contributed by atoms with van der Waals surface area (Å²) < 4.78 is 6.02. The van der Waals surface area contributed by atoms with E-state index >= 15 is 0 Å². The van der Waals surface area contributed by atoms with Crippen molar-refractivity contribution in [2.45, 2.75) is 63.9 Å². The van der Waals surface area contributed by atoms with Gasteiger partial charge < -0.3 is 20.7 Å². The van der Waals surface area contributed by atoms with E-state index in [1.807, 2.05) is 7.05 Å². The Morgan fingerprint density at radius 1 is 1.20 bits per heavy atom. The third-order valence-electron chi connectivity index (χ3n) is 5.06. The molecule has 1 atom stereocenters. The van der Waals surface area contributed by atoms with E-state index in [1.54, 1.807) is 0 Å². The van der Waals surface area contributed by atoms with Gasteiger partial charge in [0.15, 0.2) is 5.96 Å². The fourth-order valence-corrected chi connectivity index (χ4v) is 3.84. The zero-order valence-corrected chi connectivity index (χ0v) is 17.9. The first-order valence-corrected chi connectivity index (χ1v) is 9.54. The van der Waals surface area contributed by atoms with Gasteiger partial charge in [-0.3, -0.25) is 9.79 Å². The fourth-order valence-electron chi connectivity index (χ4n) is 3.84. The molecule has 0 aromatic heterocycles. The maximum atomic E-state index is 11.1. The standard InChI is InChI=1S/C18H34N4O2.HI/c1-20-18(22-11-6-7-15(14-22)13-17(19)23)21-10-12-24-16-8-4-2-3-5-9-16;/h15-16H,2-14H2,1H3,(H2,19,23)(H,20,21);1H. The maximum Gasteiger partial charge on any atom is 0.217 e. The number of likely N-dealkylation sites (tertiary alicyclic amines) is 1. The quantitative estimate of drug-likeness (QED) is 0.207. The molecule has 146 valence electrons. The summed E-state index contributed by atoms with van der Waals surface area (Å²) in [6.07, 6.45) is 10.8. The van der Waals surface area contributed by atoms with Crippen molar-refractivity contribution in [2.24, 2.45) is 16.6 Å². The summed E-state index contributed by atoms with van der Waals surface area (Å²) >= 11 is 0. The Morgan fingerprint density at radius 2 is 1.92 bits per heavy atom. The first kappa shape index (κ1) is 22.5. The predicted octanol–water partition coefficient (Wildman–Crippen LogP) is 2.51. The molecular weight excluding hydrogens is 431 g/mol. The minimum absolute atomic E-state index is 0. The smallest absolute Gasteiger partial charge is 0.217 e. The van der Waals surface area contributed by atoms with Gasteiger partial charge >= 0.3 is 0 Å². The number of nitrogens with zero attached hydrogens (tertiary/aromatic N) is 2. The number of carbonyl (C=O) groups is 1. The highest BCUT2D eigenvalue weighted by atomic mass is 127. The third-order valence-corrected chi connectivity index (χ3v) is 5.06. The normalized spacial score (nSPS) is 22.8. The summed E-state index contributed by atoms with van der Waals surface area (Å²) in [5, 5.41) is 3.40. The van der Waals surface area contributed by atoms with Crippen LogP contribution in [0.3, 0.4) is 0 Å². The molecule has 1 saturated carbocycles. The SMILES string of the molecule is CN=C(NCCOC1CCCCCC1)N1CCCC(CC(N)=O)C1.I. The van der Waals surface area contributed by atoms with Crippen LogP contribution in [0.1, 0.15) is 57.8 Å². The zero-order valence-electron chi connectivity index (χ0n) is 15.5. The Morgan fingerprint density at radius 3 is 2.56 bits per heavy atom. The molecule has 1 heterocycles. The molecule has 1 aliphatic carbocycles. The van der Waals surface area contributed by atoms with Crippen molar-refractivity contribution in [3.63, 3.8) is 0 Å². The average molecular weight is 466 g/mol. The van der Waals surface area contributed by atoms with Crippen molar-refractivity contribution in [3.8, 4) is 0 Å². The van der Waals surface area contributed by atoms with Crippen LogP contribution in [0.5, 0.6) is 0 Å². The van der Waals surface area contributed by atoms with E-state index in [4.69, 9.17) is 10.5 Å². The number of nitrogens with one attached hydrogen (secondary N) is 1. The molecule has 2 aliphatic rings. The number of amides is 1. The maximum absolute atomic E-state index is 11.1. The van der Waals surface area contributed by atoms with Crippen molar-refractivity contribution in [2.75, 3.05) is 33.3 Å². The highest BCUT2D eigenvalue weighted by molar-refractivity contribution is 14.0. The van der Waals surface area contributed by atoms with Crippen molar-refractivity contribution in [1.82, 2.24) is 10.2 Å². The van der Waals surface area contributed by atoms with Crippen LogP contribution in [0.15, 0.2) is 4.99 Å². The number of aliphatic imine (C=N–C) groups is 1. The van der Waals surface area contributed by atoms with Crippen LogP contribution in [-0.4, -0.2) is 56.2 Å². The largest absolute Gasteiger partial charge is 0.376 e. The summed E-state index contributed by atoms with van der Waals surface area (Å²) in [7, 11) is 1.81. The number of primary amides is 1. The van der Waals surface area contributed by atoms with Crippen LogP contribution in [0.4, 0.5) is 0 Å². The number of hydrogen-bond acceptors (Lipinski definition) is 3. The van der Waals surface area contributed by atoms with E-state index < -0.39 is 0 Å². The average Bonchev–Trinajstić information content (AvgIpc) is 2.83. The monoisotopic (exact) mass is 466 g/mol. The van der Waals surface area contributed by atoms with E-state index in [2.05, 4.69) is 15.2 Å². The number of halogens is 1. The second kappa shape index (κ2) is 12.7. The van der Waals surface area contributed by atoms with Gasteiger partial charge in [-0.2, -0.15) is 0 Å². The number of nitrogens with two attached hydrogens (primary N) is 1. The fraction of sp³-hybridized carbons (Fsp3) is 0.889. The number of guanidine groups is 1. The molecule has 0 spiro atoms. The second-order valence-electron chi connectivity index (χ2n) is 7.08. The lowest BCUT2D eigenvalue weighted by molar-refractivity contribution is -0.119. The van der Waals surface area contributed by atoms with Gasteiger partial charge in [0, 0.05) is 33.1 Å². The van der Waals surface area contributed by atoms with Crippen molar-refractivity contribution < 1.29 is 9.53 Å². The molecule has 0 aromatic carbocycles. The lowest BCUT2D eigenvalue weighted by Gasteiger charge is -2.34. The van der Waals surface area contributed by atoms with Crippen LogP contribution in [0.2, 0.25) is 0 Å². The summed E-state index contributed by atoms with van der Waals surface area (Å²) in [6.45, 7) is 3.34. The number of ether oxygens (including phenoxy) is 1. The molecule has 25 heavy (non-hydrogen) atoms. The van der Waals surface area contributed by atoms with Crippen molar-refractivity contribution in [3.05, 3.63) is 0 Å². The Balaban J connectivity index is 0.00000312. The lowest BCUT2D eigenvalue weighted by atomic mass is 9.95. The molecule has 6 nitrogen and oxygen atoms in total. The van der Waals surface area contributed by atoms with E-state index in [1.165, 1.54) is 38.5 Å². The molecule has 1 saturated heterocycles. The highest BCUT2D eigenvalue weighted by Crippen LogP contribution is 2.20. The van der Waals surface area contributed by atoms with Crippen LogP contribution in [-0.2, 0) is 9.53 Å². The molecule has 7 heteroatoms. The first-order valence-electron chi connectivity index (χ1n) is 9.54. The summed E-state index contributed by atoms with van der Waals surface area (Å²) in [5.74, 6) is 1.05. The Labute approximate surface area is 169 Å². The molecule has 3 N–H and O–H groups in total. The van der Waals surface area contributed by atoms with Gasteiger partial charge in [-0.15, -0.1) is 24.0 Å². The van der Waals surface area contributed by atoms with Gasteiger partial charge in [-0.05, 0) is 31.6 Å². The van der Waals surface area contributed by atoms with Gasteiger partial charge in [-0.25, -0.2) is 0 Å². The van der Waals surface area contributed by atoms with E-state index in [-0.39, 0.29) is 29.9 Å². The number of carbonyl (C=O) groups excluding carboxylic acids is 1. The Bertz CT molecular complexity index is 412. The molecule has 0 bridgehead atoms. The third kappa shape index (κ3) is 8.57. The summed E-state index contributed by atoms with van der Waals surface area (Å²) in [4.78, 5) is 17.8. The molecule has 1 unspecified atom stereocenters. The number of piperidine rings is 1. The van der Waals surface area contributed by atoms with Gasteiger partial charge in [0.05, 0.1) is 12.7 Å².